The van der Waals surface area contributed by atoms with Gasteiger partial charge < -0.3 is 4.90 Å². The van der Waals surface area contributed by atoms with E-state index >= 15 is 0 Å². The van der Waals surface area contributed by atoms with Crippen molar-refractivity contribution in [2.24, 2.45) is 0 Å². The van der Waals surface area contributed by atoms with Crippen LogP contribution in [-0.4, -0.2) is 28.9 Å². The van der Waals surface area contributed by atoms with Crippen LogP contribution in [0.2, 0.25) is 0 Å². The zero-order chi connectivity index (χ0) is 14.7. The molecule has 3 rings (SSSR count). The van der Waals surface area contributed by atoms with Gasteiger partial charge in [0.1, 0.15) is 5.82 Å². The minimum Gasteiger partial charge on any atom is -0.342 e. The fraction of sp³-hybridized carbons (Fsp3) is 0.375. The van der Waals surface area contributed by atoms with Gasteiger partial charge in [-0.3, -0.25) is 4.79 Å². The fourth-order valence-electron chi connectivity index (χ4n) is 2.70. The van der Waals surface area contributed by atoms with Crippen molar-refractivity contribution >= 4 is 17.2 Å². The number of benzene rings is 1. The number of amides is 1. The number of carbonyl (C=O) groups excluding carboxylic acids is 1. The number of piperidine rings is 1. The van der Waals surface area contributed by atoms with Gasteiger partial charge in [-0.2, -0.15) is 0 Å². The maximum Gasteiger partial charge on any atom is 0.226 e. The molecule has 3 nitrogen and oxygen atoms in total. The highest BCUT2D eigenvalue weighted by Gasteiger charge is 2.25. The zero-order valence-electron chi connectivity index (χ0n) is 11.7. The molecule has 0 saturated carbocycles. The molecule has 2 heterocycles. The van der Waals surface area contributed by atoms with Gasteiger partial charge in [0.2, 0.25) is 5.91 Å². The van der Waals surface area contributed by atoms with Crippen molar-refractivity contribution in [1.29, 1.82) is 0 Å². The first-order chi connectivity index (χ1) is 10.2. The number of likely N-dealkylation sites (tertiary alicyclic amines) is 1. The smallest absolute Gasteiger partial charge is 0.226 e. The van der Waals surface area contributed by atoms with Crippen LogP contribution in [0.4, 0.5) is 4.39 Å². The molecular weight excluding hydrogens is 287 g/mol. The van der Waals surface area contributed by atoms with Crippen molar-refractivity contribution in [3.63, 3.8) is 0 Å². The highest BCUT2D eigenvalue weighted by atomic mass is 32.1. The van der Waals surface area contributed by atoms with Gasteiger partial charge in [-0.25, -0.2) is 9.37 Å². The summed E-state index contributed by atoms with van der Waals surface area (Å²) in [5, 5.41) is 3.18. The van der Waals surface area contributed by atoms with E-state index in [-0.39, 0.29) is 11.7 Å². The molecule has 1 fully saturated rings. The van der Waals surface area contributed by atoms with Crippen molar-refractivity contribution in [3.05, 3.63) is 52.2 Å². The number of rotatable bonds is 3. The van der Waals surface area contributed by atoms with E-state index in [9.17, 15) is 9.18 Å². The molecule has 2 aromatic rings. The van der Waals surface area contributed by atoms with E-state index in [1.165, 1.54) is 17.1 Å². The van der Waals surface area contributed by atoms with Crippen molar-refractivity contribution in [1.82, 2.24) is 9.88 Å². The third-order valence-corrected chi connectivity index (χ3v) is 4.85. The van der Waals surface area contributed by atoms with Crippen LogP contribution in [-0.2, 0) is 11.2 Å². The minimum atomic E-state index is -0.268. The second-order valence-electron chi connectivity index (χ2n) is 5.33. The van der Waals surface area contributed by atoms with Crippen LogP contribution in [0.1, 0.15) is 29.3 Å². The largest absolute Gasteiger partial charge is 0.342 e. The Morgan fingerprint density at radius 1 is 1.29 bits per heavy atom. The van der Waals surface area contributed by atoms with Gasteiger partial charge >= 0.3 is 0 Å². The first-order valence-electron chi connectivity index (χ1n) is 7.14. The van der Waals surface area contributed by atoms with Crippen molar-refractivity contribution < 1.29 is 9.18 Å². The van der Waals surface area contributed by atoms with Gasteiger partial charge in [0.15, 0.2) is 0 Å². The molecule has 5 heteroatoms. The lowest BCUT2D eigenvalue weighted by Crippen LogP contribution is -2.38. The lowest BCUT2D eigenvalue weighted by molar-refractivity contribution is -0.131. The highest BCUT2D eigenvalue weighted by molar-refractivity contribution is 7.09. The molecule has 1 aliphatic heterocycles. The molecule has 0 radical (unpaired) electrons. The minimum absolute atomic E-state index is 0.124. The monoisotopic (exact) mass is 304 g/mol. The first-order valence-corrected chi connectivity index (χ1v) is 8.02. The van der Waals surface area contributed by atoms with Crippen molar-refractivity contribution in [3.8, 4) is 0 Å². The summed E-state index contributed by atoms with van der Waals surface area (Å²) in [6.07, 6.45) is 4.14. The Hall–Kier alpha value is -1.75. The molecule has 110 valence electrons. The number of thiazole rings is 1. The number of nitrogens with zero attached hydrogens (tertiary/aromatic N) is 2. The summed E-state index contributed by atoms with van der Waals surface area (Å²) in [6.45, 7) is 1.56. The third kappa shape index (κ3) is 3.47. The predicted molar refractivity (Wildman–Crippen MR) is 80.8 cm³/mol. The Balaban J connectivity index is 1.54. The normalized spacial score (nSPS) is 16.1. The predicted octanol–water partition coefficient (Wildman–Crippen LogP) is 3.23. The van der Waals surface area contributed by atoms with Gasteiger partial charge in [0, 0.05) is 30.6 Å². The van der Waals surface area contributed by atoms with Crippen LogP contribution in [0.5, 0.6) is 0 Å². The fourth-order valence-corrected chi connectivity index (χ4v) is 3.51. The summed E-state index contributed by atoms with van der Waals surface area (Å²) >= 11 is 1.69. The molecule has 1 aromatic heterocycles. The molecule has 0 atom stereocenters. The summed E-state index contributed by atoms with van der Waals surface area (Å²) in [5.74, 6) is 0.342. The van der Waals surface area contributed by atoms with E-state index in [2.05, 4.69) is 4.98 Å². The maximum atomic E-state index is 12.9. The van der Waals surface area contributed by atoms with E-state index in [0.29, 0.717) is 12.3 Å². The molecule has 0 spiro atoms. The Labute approximate surface area is 127 Å². The molecule has 1 amide bonds. The Kier molecular flexibility index (Phi) is 4.29. The zero-order valence-corrected chi connectivity index (χ0v) is 12.5. The Morgan fingerprint density at radius 3 is 2.62 bits per heavy atom. The lowest BCUT2D eigenvalue weighted by Gasteiger charge is -2.31. The van der Waals surface area contributed by atoms with Gasteiger partial charge in [-0.05, 0) is 30.5 Å². The average Bonchev–Trinajstić information content (AvgIpc) is 3.04. The molecule has 1 saturated heterocycles. The average molecular weight is 304 g/mol. The van der Waals surface area contributed by atoms with E-state index in [1.54, 1.807) is 23.5 Å². The first kappa shape index (κ1) is 14.2. The third-order valence-electron chi connectivity index (χ3n) is 3.92. The second kappa shape index (κ2) is 6.35. The Bertz CT molecular complexity index is 589. The van der Waals surface area contributed by atoms with Gasteiger partial charge in [-0.1, -0.05) is 12.1 Å². The molecule has 0 unspecified atom stereocenters. The molecule has 0 N–H and O–H groups in total. The quantitative estimate of drug-likeness (QED) is 0.872. The van der Waals surface area contributed by atoms with E-state index in [1.807, 2.05) is 16.5 Å². The maximum absolute atomic E-state index is 12.9. The van der Waals surface area contributed by atoms with Crippen molar-refractivity contribution in [2.75, 3.05) is 13.1 Å². The van der Waals surface area contributed by atoms with Crippen LogP contribution < -0.4 is 0 Å². The van der Waals surface area contributed by atoms with Crippen molar-refractivity contribution in [2.45, 2.75) is 25.2 Å². The summed E-state index contributed by atoms with van der Waals surface area (Å²) < 4.78 is 12.9. The van der Waals surface area contributed by atoms with E-state index in [4.69, 9.17) is 0 Å². The van der Waals surface area contributed by atoms with Crippen LogP contribution in [0, 0.1) is 5.82 Å². The van der Waals surface area contributed by atoms with Gasteiger partial charge in [0.05, 0.1) is 11.4 Å². The van der Waals surface area contributed by atoms with Crippen LogP contribution in [0.3, 0.4) is 0 Å². The summed E-state index contributed by atoms with van der Waals surface area (Å²) in [6, 6.07) is 6.15. The molecular formula is C16H17FN2OS. The topological polar surface area (TPSA) is 33.2 Å². The van der Waals surface area contributed by atoms with Crippen LogP contribution in [0.25, 0.3) is 0 Å². The van der Waals surface area contributed by atoms with Crippen LogP contribution in [0.15, 0.2) is 35.8 Å². The van der Waals surface area contributed by atoms with Gasteiger partial charge in [-0.15, -0.1) is 11.3 Å². The Morgan fingerprint density at radius 2 is 2.00 bits per heavy atom. The number of halogens is 1. The summed E-state index contributed by atoms with van der Waals surface area (Å²) in [4.78, 5) is 18.5. The molecule has 0 aliphatic carbocycles. The van der Waals surface area contributed by atoms with Gasteiger partial charge in [0.25, 0.3) is 0 Å². The standard InChI is InChI=1S/C16H17FN2OS/c17-14-3-1-12(2-4-14)11-15(20)19-8-5-13(6-9-19)16-18-7-10-21-16/h1-4,7,10,13H,5-6,8-9,11H2. The number of hydrogen-bond acceptors (Lipinski definition) is 3. The highest BCUT2D eigenvalue weighted by Crippen LogP contribution is 2.29. The van der Waals surface area contributed by atoms with E-state index in [0.717, 1.165) is 31.5 Å². The lowest BCUT2D eigenvalue weighted by atomic mass is 9.97. The second-order valence-corrected chi connectivity index (χ2v) is 6.25. The molecule has 1 aromatic carbocycles. The number of carbonyl (C=O) groups is 1. The molecule has 21 heavy (non-hydrogen) atoms. The van der Waals surface area contributed by atoms with Crippen LogP contribution >= 0.6 is 11.3 Å². The summed E-state index contributed by atoms with van der Waals surface area (Å²) in [5.41, 5.74) is 0.864. The number of aromatic nitrogens is 1. The molecule has 0 bridgehead atoms. The summed E-state index contributed by atoms with van der Waals surface area (Å²) in [7, 11) is 0. The SMILES string of the molecule is O=C(Cc1ccc(F)cc1)N1CCC(c2nccs2)CC1. The number of hydrogen-bond donors (Lipinski definition) is 0. The molecule has 1 aliphatic rings. The van der Waals surface area contributed by atoms with E-state index < -0.39 is 0 Å².